The molecule has 1 atom stereocenters. The molecule has 0 unspecified atom stereocenters. The first kappa shape index (κ1) is 19.5. The van der Waals surface area contributed by atoms with Gasteiger partial charge in [-0.15, -0.1) is 24.8 Å². The summed E-state index contributed by atoms with van der Waals surface area (Å²) in [5.41, 5.74) is 1.18. The maximum Gasteiger partial charge on any atom is 0.116 e. The van der Waals surface area contributed by atoms with Crippen LogP contribution in [0.3, 0.4) is 0 Å². The molecule has 0 bridgehead atoms. The van der Waals surface area contributed by atoms with E-state index in [1.807, 2.05) is 12.1 Å². The predicted octanol–water partition coefficient (Wildman–Crippen LogP) is 3.25. The van der Waals surface area contributed by atoms with E-state index in [9.17, 15) is 5.11 Å². The van der Waals surface area contributed by atoms with E-state index in [2.05, 4.69) is 28.4 Å². The maximum absolute atomic E-state index is 9.54. The molecule has 6 heteroatoms. The summed E-state index contributed by atoms with van der Waals surface area (Å²) in [6.45, 7) is 3.90. The lowest BCUT2D eigenvalue weighted by Crippen LogP contribution is -2.45. The normalized spacial score (nSPS) is 16.0. The maximum atomic E-state index is 9.54. The molecule has 0 spiro atoms. The Hall–Kier alpha value is -1.51. The number of halogens is 2. The lowest BCUT2D eigenvalue weighted by atomic mass is 9.98. The number of hydrogen-bond donors (Lipinski definition) is 2. The summed E-state index contributed by atoms with van der Waals surface area (Å²) in [6.07, 6.45) is 0.504. The van der Waals surface area contributed by atoms with Gasteiger partial charge < -0.3 is 10.4 Å². The monoisotopic (exact) mass is 353 g/mol. The van der Waals surface area contributed by atoms with E-state index in [-0.39, 0.29) is 36.6 Å². The van der Waals surface area contributed by atoms with Gasteiger partial charge in [-0.05, 0) is 34.5 Å². The summed E-state index contributed by atoms with van der Waals surface area (Å²) in [5.74, 6) is 0.283. The lowest BCUT2D eigenvalue weighted by molar-refractivity contribution is 0.176. The Balaban J connectivity index is 0.00000132. The number of rotatable bonds is 3. The zero-order valence-corrected chi connectivity index (χ0v) is 14.4. The van der Waals surface area contributed by atoms with E-state index in [1.165, 1.54) is 5.56 Å². The van der Waals surface area contributed by atoms with Gasteiger partial charge in [0.1, 0.15) is 5.75 Å². The molecule has 1 aliphatic rings. The van der Waals surface area contributed by atoms with Crippen molar-refractivity contribution >= 4 is 35.6 Å². The van der Waals surface area contributed by atoms with Crippen molar-refractivity contribution in [3.8, 4) is 11.8 Å². The van der Waals surface area contributed by atoms with Gasteiger partial charge in [0, 0.05) is 32.2 Å². The first-order chi connectivity index (χ1) is 10.3. The van der Waals surface area contributed by atoms with Crippen LogP contribution in [0.2, 0.25) is 0 Å². The second kappa shape index (κ2) is 8.95. The van der Waals surface area contributed by atoms with Crippen LogP contribution in [-0.4, -0.2) is 36.2 Å². The van der Waals surface area contributed by atoms with Crippen LogP contribution in [0.1, 0.15) is 18.0 Å². The molecule has 4 nitrogen and oxygen atoms in total. The summed E-state index contributed by atoms with van der Waals surface area (Å²) in [4.78, 5) is 2.38. The first-order valence-corrected chi connectivity index (χ1v) is 7.32. The van der Waals surface area contributed by atoms with Gasteiger partial charge in [-0.2, -0.15) is 5.26 Å². The summed E-state index contributed by atoms with van der Waals surface area (Å²) < 4.78 is 0. The topological polar surface area (TPSA) is 59.3 Å². The van der Waals surface area contributed by atoms with E-state index < -0.39 is 0 Å². The average molecular weight is 354 g/mol. The van der Waals surface area contributed by atoms with Crippen LogP contribution in [0.5, 0.6) is 5.75 Å². The van der Waals surface area contributed by atoms with Crippen molar-refractivity contribution in [3.05, 3.63) is 42.0 Å². The highest BCUT2D eigenvalue weighted by Crippen LogP contribution is 2.28. The van der Waals surface area contributed by atoms with Gasteiger partial charge in [0.25, 0.3) is 0 Å². The van der Waals surface area contributed by atoms with Gasteiger partial charge in [-0.1, -0.05) is 18.2 Å². The molecule has 3 rings (SSSR count). The van der Waals surface area contributed by atoms with E-state index in [0.717, 1.165) is 37.0 Å². The third-order valence-electron chi connectivity index (χ3n) is 4.11. The largest absolute Gasteiger partial charge is 0.508 e. The fraction of sp³-hybridized carbons (Fsp3) is 0.353. The molecule has 0 aliphatic carbocycles. The van der Waals surface area contributed by atoms with E-state index >= 15 is 0 Å². The number of piperazine rings is 1. The number of nitriles is 1. The van der Waals surface area contributed by atoms with Gasteiger partial charge >= 0.3 is 0 Å². The number of nitrogens with zero attached hydrogens (tertiary/aromatic N) is 2. The summed E-state index contributed by atoms with van der Waals surface area (Å²) in [7, 11) is 0. The van der Waals surface area contributed by atoms with E-state index in [0.29, 0.717) is 6.42 Å². The molecule has 0 amide bonds. The molecule has 1 heterocycles. The zero-order chi connectivity index (χ0) is 14.7. The Morgan fingerprint density at radius 1 is 1.09 bits per heavy atom. The first-order valence-electron chi connectivity index (χ1n) is 7.32. The Morgan fingerprint density at radius 3 is 2.43 bits per heavy atom. The van der Waals surface area contributed by atoms with Crippen LogP contribution in [0, 0.1) is 11.3 Å². The number of hydrogen-bond acceptors (Lipinski definition) is 4. The summed E-state index contributed by atoms with van der Waals surface area (Å²) >= 11 is 0. The predicted molar refractivity (Wildman–Crippen MR) is 97.5 cm³/mol. The van der Waals surface area contributed by atoms with Gasteiger partial charge in [-0.25, -0.2) is 0 Å². The minimum Gasteiger partial charge on any atom is -0.508 e. The number of aromatic hydroxyl groups is 1. The average Bonchev–Trinajstić information content (AvgIpc) is 2.53. The lowest BCUT2D eigenvalue weighted by Gasteiger charge is -2.34. The molecular formula is C17H21Cl2N3O. The highest BCUT2D eigenvalue weighted by molar-refractivity contribution is 5.86. The van der Waals surface area contributed by atoms with Crippen LogP contribution in [0.25, 0.3) is 10.8 Å². The highest BCUT2D eigenvalue weighted by atomic mass is 35.5. The molecular weight excluding hydrogens is 333 g/mol. The molecule has 0 radical (unpaired) electrons. The molecule has 1 fully saturated rings. The molecule has 2 N–H and O–H groups in total. The van der Waals surface area contributed by atoms with E-state index in [1.54, 1.807) is 12.1 Å². The molecule has 0 saturated carbocycles. The zero-order valence-electron chi connectivity index (χ0n) is 12.7. The molecule has 2 aromatic rings. The number of phenols is 1. The number of fused-ring (bicyclic) bond motifs is 1. The molecule has 1 aliphatic heterocycles. The standard InChI is InChI=1S/C17H19N3O.2ClH/c18-6-5-17(20-9-7-19-8-10-20)15-2-1-14-12-16(21)4-3-13(14)11-15;;/h1-4,11-12,17,19,21H,5,7-10H2;2*1H/t17-;;/m1../s1. The Morgan fingerprint density at radius 2 is 1.74 bits per heavy atom. The Bertz CT molecular complexity index is 681. The van der Waals surface area contributed by atoms with Crippen LogP contribution in [0.4, 0.5) is 0 Å². The minimum atomic E-state index is 0. The molecule has 2 aromatic carbocycles. The van der Waals surface area contributed by atoms with Crippen molar-refractivity contribution in [1.82, 2.24) is 10.2 Å². The quantitative estimate of drug-likeness (QED) is 0.888. The second-order valence-corrected chi connectivity index (χ2v) is 5.45. The van der Waals surface area contributed by atoms with Crippen LogP contribution >= 0.6 is 24.8 Å². The third kappa shape index (κ3) is 4.49. The Kier molecular flexibility index (Phi) is 7.60. The van der Waals surface area contributed by atoms with Gasteiger partial charge in [-0.3, -0.25) is 4.90 Å². The van der Waals surface area contributed by atoms with Gasteiger partial charge in [0.2, 0.25) is 0 Å². The third-order valence-corrected chi connectivity index (χ3v) is 4.11. The highest BCUT2D eigenvalue weighted by Gasteiger charge is 2.22. The van der Waals surface area contributed by atoms with Crippen LogP contribution in [-0.2, 0) is 0 Å². The van der Waals surface area contributed by atoms with Crippen molar-refractivity contribution in [2.24, 2.45) is 0 Å². The number of phenolic OH excluding ortho intramolecular Hbond substituents is 1. The second-order valence-electron chi connectivity index (χ2n) is 5.45. The SMILES string of the molecule is Cl.Cl.N#CC[C@H](c1ccc2cc(O)ccc2c1)N1CCNCC1. The number of benzene rings is 2. The fourth-order valence-corrected chi connectivity index (χ4v) is 3.00. The fourth-order valence-electron chi connectivity index (χ4n) is 3.00. The van der Waals surface area contributed by atoms with Crippen molar-refractivity contribution < 1.29 is 5.11 Å². The minimum absolute atomic E-state index is 0. The number of nitrogens with one attached hydrogen (secondary N) is 1. The van der Waals surface area contributed by atoms with Crippen molar-refractivity contribution in [1.29, 1.82) is 5.26 Å². The van der Waals surface area contributed by atoms with E-state index in [4.69, 9.17) is 5.26 Å². The van der Waals surface area contributed by atoms with Crippen LogP contribution in [0.15, 0.2) is 36.4 Å². The molecule has 1 saturated heterocycles. The summed E-state index contributed by atoms with van der Waals surface area (Å²) in [6, 6.07) is 14.1. The molecule has 124 valence electrons. The smallest absolute Gasteiger partial charge is 0.116 e. The van der Waals surface area contributed by atoms with Crippen molar-refractivity contribution in [2.75, 3.05) is 26.2 Å². The van der Waals surface area contributed by atoms with Crippen molar-refractivity contribution in [3.63, 3.8) is 0 Å². The Labute approximate surface area is 148 Å². The summed E-state index contributed by atoms with van der Waals surface area (Å²) in [5, 5.41) is 24.2. The van der Waals surface area contributed by atoms with Gasteiger partial charge in [0.05, 0.1) is 12.5 Å². The molecule has 23 heavy (non-hydrogen) atoms. The molecule has 0 aromatic heterocycles. The van der Waals surface area contributed by atoms with Crippen molar-refractivity contribution in [2.45, 2.75) is 12.5 Å². The van der Waals surface area contributed by atoms with Crippen LogP contribution < -0.4 is 5.32 Å². The van der Waals surface area contributed by atoms with Gasteiger partial charge in [0.15, 0.2) is 0 Å².